The van der Waals surface area contributed by atoms with Gasteiger partial charge in [0.15, 0.2) is 5.58 Å². The van der Waals surface area contributed by atoms with E-state index in [0.29, 0.717) is 47.7 Å². The molecule has 0 aliphatic carbocycles. The Kier molecular flexibility index (Phi) is 6.25. The van der Waals surface area contributed by atoms with Crippen LogP contribution in [0.2, 0.25) is 0 Å². The predicted octanol–water partition coefficient (Wildman–Crippen LogP) is 2.91. The second kappa shape index (κ2) is 9.02. The van der Waals surface area contributed by atoms with Crippen LogP contribution in [0.25, 0.3) is 22.4 Å². The highest BCUT2D eigenvalue weighted by Crippen LogP contribution is 2.29. The van der Waals surface area contributed by atoms with E-state index >= 15 is 0 Å². The van der Waals surface area contributed by atoms with Gasteiger partial charge in [0.1, 0.15) is 11.5 Å². The molecule has 0 aliphatic rings. The van der Waals surface area contributed by atoms with Crippen LogP contribution in [0.5, 0.6) is 0 Å². The number of carbonyl (C=O) groups is 2. The van der Waals surface area contributed by atoms with E-state index in [4.69, 9.17) is 9.15 Å². The van der Waals surface area contributed by atoms with E-state index in [9.17, 15) is 19.7 Å². The molecule has 1 amide bonds. The monoisotopic (exact) mass is 400 g/mol. The quantitative estimate of drug-likeness (QED) is 0.217. The van der Waals surface area contributed by atoms with Crippen LogP contribution in [0.1, 0.15) is 30.3 Å². The minimum atomic E-state index is -0.466. The molecule has 0 bridgehead atoms. The van der Waals surface area contributed by atoms with Crippen LogP contribution >= 0.6 is 0 Å². The SMILES string of the molecule is CCOC(=O)CCCNNC(=O)c1cc2oc(-c3ccc([N+](=O)[O-])cc3)cc2[nH]1. The number of nitro groups is 1. The first kappa shape index (κ1) is 20.1. The Labute approximate surface area is 165 Å². The molecule has 1 aromatic carbocycles. The lowest BCUT2D eigenvalue weighted by Crippen LogP contribution is -2.38. The standard InChI is InChI=1S/C19H20N4O6/c1-2-28-18(24)4-3-9-20-22-19(25)15-11-17-14(21-15)10-16(29-17)12-5-7-13(8-6-12)23(26)27/h5-8,10-11,20-21H,2-4,9H2,1H3,(H,22,25). The molecule has 0 saturated carbocycles. The highest BCUT2D eigenvalue weighted by Gasteiger charge is 2.14. The molecule has 29 heavy (non-hydrogen) atoms. The molecule has 3 aromatic rings. The van der Waals surface area contributed by atoms with Crippen molar-refractivity contribution in [1.29, 1.82) is 0 Å². The van der Waals surface area contributed by atoms with Gasteiger partial charge in [0.25, 0.3) is 11.6 Å². The summed E-state index contributed by atoms with van der Waals surface area (Å²) in [4.78, 5) is 36.6. The molecule has 10 heteroatoms. The van der Waals surface area contributed by atoms with Crippen molar-refractivity contribution in [2.45, 2.75) is 19.8 Å². The van der Waals surface area contributed by atoms with Crippen LogP contribution in [0, 0.1) is 10.1 Å². The molecule has 0 unspecified atom stereocenters. The summed E-state index contributed by atoms with van der Waals surface area (Å²) in [6, 6.07) is 9.30. The Balaban J connectivity index is 1.55. The number of hydrazine groups is 1. The number of hydrogen-bond acceptors (Lipinski definition) is 7. The maximum Gasteiger partial charge on any atom is 0.305 e. The van der Waals surface area contributed by atoms with Crippen LogP contribution in [0.15, 0.2) is 40.8 Å². The van der Waals surface area contributed by atoms with E-state index in [1.165, 1.54) is 12.1 Å². The molecule has 2 aromatic heterocycles. The molecule has 0 fully saturated rings. The van der Waals surface area contributed by atoms with Crippen LogP contribution in [0.4, 0.5) is 5.69 Å². The maximum atomic E-state index is 12.2. The van der Waals surface area contributed by atoms with Crippen LogP contribution in [0.3, 0.4) is 0 Å². The number of furan rings is 1. The van der Waals surface area contributed by atoms with Gasteiger partial charge in [-0.3, -0.25) is 25.1 Å². The first-order valence-corrected chi connectivity index (χ1v) is 9.04. The summed E-state index contributed by atoms with van der Waals surface area (Å²) < 4.78 is 10.5. The van der Waals surface area contributed by atoms with E-state index in [0.717, 1.165) is 0 Å². The van der Waals surface area contributed by atoms with Gasteiger partial charge in [-0.2, -0.15) is 0 Å². The van der Waals surface area contributed by atoms with Crippen molar-refractivity contribution < 1.29 is 23.7 Å². The fourth-order valence-corrected chi connectivity index (χ4v) is 2.70. The van der Waals surface area contributed by atoms with E-state index in [1.54, 1.807) is 31.2 Å². The lowest BCUT2D eigenvalue weighted by molar-refractivity contribution is -0.384. The fraction of sp³-hybridized carbons (Fsp3) is 0.263. The first-order chi connectivity index (χ1) is 14.0. The van der Waals surface area contributed by atoms with Gasteiger partial charge in [0.05, 0.1) is 17.0 Å². The molecule has 0 aliphatic heterocycles. The Morgan fingerprint density at radius 1 is 1.24 bits per heavy atom. The van der Waals surface area contributed by atoms with E-state index in [2.05, 4.69) is 15.8 Å². The lowest BCUT2D eigenvalue weighted by Gasteiger charge is -2.06. The van der Waals surface area contributed by atoms with Gasteiger partial charge < -0.3 is 14.1 Å². The van der Waals surface area contributed by atoms with Gasteiger partial charge in [-0.25, -0.2) is 5.43 Å². The number of ether oxygens (including phenoxy) is 1. The third kappa shape index (κ3) is 4.99. The molecule has 10 nitrogen and oxygen atoms in total. The van der Waals surface area contributed by atoms with Crippen molar-refractivity contribution in [1.82, 2.24) is 15.8 Å². The number of benzene rings is 1. The number of nitrogens with one attached hydrogen (secondary N) is 3. The highest BCUT2D eigenvalue weighted by molar-refractivity contribution is 5.97. The zero-order chi connectivity index (χ0) is 20.8. The van der Waals surface area contributed by atoms with Gasteiger partial charge in [0, 0.05) is 42.8 Å². The van der Waals surface area contributed by atoms with Gasteiger partial charge in [-0.15, -0.1) is 0 Å². The Bertz CT molecular complexity index is 990. The summed E-state index contributed by atoms with van der Waals surface area (Å²) in [5.41, 5.74) is 7.42. The number of rotatable bonds is 9. The molecule has 3 N–H and O–H groups in total. The van der Waals surface area contributed by atoms with Crippen LogP contribution in [-0.2, 0) is 9.53 Å². The second-order valence-corrected chi connectivity index (χ2v) is 6.17. The molecular weight excluding hydrogens is 380 g/mol. The van der Waals surface area contributed by atoms with Gasteiger partial charge in [-0.05, 0) is 25.5 Å². The Morgan fingerprint density at radius 2 is 2.00 bits per heavy atom. The molecule has 3 rings (SSSR count). The first-order valence-electron chi connectivity index (χ1n) is 9.04. The highest BCUT2D eigenvalue weighted by atomic mass is 16.6. The average molecular weight is 400 g/mol. The number of fused-ring (bicyclic) bond motifs is 1. The molecule has 2 heterocycles. The summed E-state index contributed by atoms with van der Waals surface area (Å²) in [6.45, 7) is 2.52. The van der Waals surface area contributed by atoms with E-state index in [-0.39, 0.29) is 24.0 Å². The average Bonchev–Trinajstić information content (AvgIpc) is 3.27. The maximum absolute atomic E-state index is 12.2. The lowest BCUT2D eigenvalue weighted by atomic mass is 10.1. The summed E-state index contributed by atoms with van der Waals surface area (Å²) in [5, 5.41) is 10.7. The molecule has 0 radical (unpaired) electrons. The Morgan fingerprint density at radius 3 is 2.66 bits per heavy atom. The number of amides is 1. The van der Waals surface area contributed by atoms with Crippen LogP contribution < -0.4 is 10.9 Å². The van der Waals surface area contributed by atoms with Crippen molar-refractivity contribution in [2.24, 2.45) is 0 Å². The molecule has 152 valence electrons. The van der Waals surface area contributed by atoms with Crippen molar-refractivity contribution in [3.8, 4) is 11.3 Å². The summed E-state index contributed by atoms with van der Waals surface area (Å²) >= 11 is 0. The number of aromatic amines is 1. The van der Waals surface area contributed by atoms with Crippen molar-refractivity contribution in [3.05, 3.63) is 52.2 Å². The van der Waals surface area contributed by atoms with Crippen molar-refractivity contribution in [2.75, 3.05) is 13.2 Å². The number of nitro benzene ring substituents is 1. The van der Waals surface area contributed by atoms with Crippen molar-refractivity contribution in [3.63, 3.8) is 0 Å². The molecule has 0 saturated heterocycles. The van der Waals surface area contributed by atoms with Gasteiger partial charge in [0.2, 0.25) is 0 Å². The number of hydrogen-bond donors (Lipinski definition) is 3. The van der Waals surface area contributed by atoms with Gasteiger partial charge >= 0.3 is 5.97 Å². The number of esters is 1. The van der Waals surface area contributed by atoms with Crippen molar-refractivity contribution >= 4 is 28.7 Å². The fourth-order valence-electron chi connectivity index (χ4n) is 2.70. The molecular formula is C19H20N4O6. The Hall–Kier alpha value is -3.66. The second-order valence-electron chi connectivity index (χ2n) is 6.17. The zero-order valence-electron chi connectivity index (χ0n) is 15.7. The predicted molar refractivity (Wildman–Crippen MR) is 104 cm³/mol. The molecule has 0 spiro atoms. The van der Waals surface area contributed by atoms with E-state index < -0.39 is 4.92 Å². The number of aromatic nitrogens is 1. The number of carbonyl (C=O) groups excluding carboxylic acids is 2. The largest absolute Gasteiger partial charge is 0.466 e. The topological polar surface area (TPSA) is 140 Å². The van der Waals surface area contributed by atoms with Gasteiger partial charge in [-0.1, -0.05) is 0 Å². The third-order valence-corrected chi connectivity index (χ3v) is 4.10. The normalized spacial score (nSPS) is 10.8. The third-order valence-electron chi connectivity index (χ3n) is 4.10. The van der Waals surface area contributed by atoms with E-state index in [1.807, 2.05) is 0 Å². The number of nitrogens with zero attached hydrogens (tertiary/aromatic N) is 1. The summed E-state index contributed by atoms with van der Waals surface area (Å²) in [5.74, 6) is -0.108. The number of non-ortho nitro benzene ring substituents is 1. The smallest absolute Gasteiger partial charge is 0.305 e. The molecule has 0 atom stereocenters. The summed E-state index contributed by atoms with van der Waals surface area (Å²) in [7, 11) is 0. The van der Waals surface area contributed by atoms with Crippen LogP contribution in [-0.4, -0.2) is 34.9 Å². The minimum absolute atomic E-state index is 0.000388. The zero-order valence-corrected chi connectivity index (χ0v) is 15.7. The summed E-state index contributed by atoms with van der Waals surface area (Å²) in [6.07, 6.45) is 0.808. The number of H-pyrrole nitrogens is 1. The minimum Gasteiger partial charge on any atom is -0.466 e.